The molecule has 1 rings (SSSR count). The number of ether oxygens (including phenoxy) is 1. The summed E-state index contributed by atoms with van der Waals surface area (Å²) in [5.41, 5.74) is 0.391. The Labute approximate surface area is 145 Å². The zero-order chi connectivity index (χ0) is 17.8. The third-order valence-corrected chi connectivity index (χ3v) is 4.00. The van der Waals surface area contributed by atoms with Gasteiger partial charge in [0.25, 0.3) is 0 Å². The van der Waals surface area contributed by atoms with Crippen molar-refractivity contribution in [2.24, 2.45) is 5.92 Å². The van der Waals surface area contributed by atoms with Crippen LogP contribution in [0.5, 0.6) is 0 Å². The van der Waals surface area contributed by atoms with Crippen LogP contribution in [0.15, 0.2) is 24.3 Å². The minimum absolute atomic E-state index is 0.0990. The van der Waals surface area contributed by atoms with E-state index in [1.165, 1.54) is 50.7 Å². The maximum atomic E-state index is 11.9. The van der Waals surface area contributed by atoms with Crippen molar-refractivity contribution in [3.05, 3.63) is 35.4 Å². The molecule has 4 heteroatoms. The number of unbranched alkanes of at least 4 members (excludes halogenated alkanes) is 6. The van der Waals surface area contributed by atoms with Gasteiger partial charge in [-0.3, -0.25) is 0 Å². The average molecular weight is 334 g/mol. The number of aromatic carboxylic acids is 1. The first-order chi connectivity index (χ1) is 11.5. The van der Waals surface area contributed by atoms with Crippen molar-refractivity contribution in [3.8, 4) is 0 Å². The lowest BCUT2D eigenvalue weighted by Crippen LogP contribution is -2.08. The van der Waals surface area contributed by atoms with Crippen LogP contribution < -0.4 is 0 Å². The molecular weight excluding hydrogens is 304 g/mol. The van der Waals surface area contributed by atoms with Crippen LogP contribution in [0.2, 0.25) is 0 Å². The molecule has 0 fully saturated rings. The zero-order valence-corrected chi connectivity index (χ0v) is 14.9. The fourth-order valence-corrected chi connectivity index (χ4v) is 2.57. The predicted molar refractivity (Wildman–Crippen MR) is 95.5 cm³/mol. The van der Waals surface area contributed by atoms with Crippen molar-refractivity contribution in [1.82, 2.24) is 0 Å². The fraction of sp³-hybridized carbons (Fsp3) is 0.600. The van der Waals surface area contributed by atoms with Crippen LogP contribution in [0.1, 0.15) is 85.9 Å². The highest BCUT2D eigenvalue weighted by Gasteiger charge is 2.10. The van der Waals surface area contributed by atoms with Crippen molar-refractivity contribution >= 4 is 11.9 Å². The lowest BCUT2D eigenvalue weighted by atomic mass is 10.0. The highest BCUT2D eigenvalue weighted by atomic mass is 16.5. The Bertz CT molecular complexity index is 508. The number of benzene rings is 1. The number of esters is 1. The van der Waals surface area contributed by atoms with E-state index in [9.17, 15) is 9.59 Å². The van der Waals surface area contributed by atoms with Crippen LogP contribution in [-0.2, 0) is 4.74 Å². The first-order valence-corrected chi connectivity index (χ1v) is 9.01. The maximum Gasteiger partial charge on any atom is 0.338 e. The summed E-state index contributed by atoms with van der Waals surface area (Å²) in [6, 6.07) is 5.94. The standard InChI is InChI=1S/C20H30O4/c1-16(2)11-8-6-4-3-5-7-9-14-24-20(23)18-13-10-12-17(15-18)19(21)22/h10,12-13,15-16H,3-9,11,14H2,1-2H3,(H,21,22). The van der Waals surface area contributed by atoms with Crippen LogP contribution >= 0.6 is 0 Å². The topological polar surface area (TPSA) is 63.6 Å². The fourth-order valence-electron chi connectivity index (χ4n) is 2.57. The van der Waals surface area contributed by atoms with Gasteiger partial charge >= 0.3 is 11.9 Å². The molecule has 1 N–H and O–H groups in total. The van der Waals surface area contributed by atoms with Gasteiger partial charge in [0.05, 0.1) is 17.7 Å². The van der Waals surface area contributed by atoms with Crippen molar-refractivity contribution in [3.63, 3.8) is 0 Å². The second kappa shape index (κ2) is 11.7. The van der Waals surface area contributed by atoms with Crippen LogP contribution in [-0.4, -0.2) is 23.7 Å². The van der Waals surface area contributed by atoms with E-state index in [1.807, 2.05) is 0 Å². The van der Waals surface area contributed by atoms with E-state index in [-0.39, 0.29) is 5.56 Å². The van der Waals surface area contributed by atoms with E-state index in [0.717, 1.165) is 18.8 Å². The number of hydrogen-bond acceptors (Lipinski definition) is 3. The normalized spacial score (nSPS) is 10.8. The maximum absolute atomic E-state index is 11.9. The molecule has 0 saturated carbocycles. The van der Waals surface area contributed by atoms with E-state index in [2.05, 4.69) is 13.8 Å². The quantitative estimate of drug-likeness (QED) is 0.415. The third-order valence-electron chi connectivity index (χ3n) is 4.00. The number of carboxylic acids is 1. The van der Waals surface area contributed by atoms with Gasteiger partial charge in [0.15, 0.2) is 0 Å². The van der Waals surface area contributed by atoms with E-state index in [4.69, 9.17) is 9.84 Å². The van der Waals surface area contributed by atoms with Crippen LogP contribution in [0.3, 0.4) is 0 Å². The van der Waals surface area contributed by atoms with Gasteiger partial charge in [0, 0.05) is 0 Å². The molecule has 0 aliphatic rings. The van der Waals surface area contributed by atoms with E-state index >= 15 is 0 Å². The summed E-state index contributed by atoms with van der Waals surface area (Å²) < 4.78 is 5.20. The molecular formula is C20H30O4. The molecule has 24 heavy (non-hydrogen) atoms. The minimum atomic E-state index is -1.04. The van der Waals surface area contributed by atoms with Gasteiger partial charge in [-0.15, -0.1) is 0 Å². The van der Waals surface area contributed by atoms with E-state index in [0.29, 0.717) is 12.2 Å². The first kappa shape index (κ1) is 20.2. The summed E-state index contributed by atoms with van der Waals surface area (Å²) >= 11 is 0. The molecule has 1 aromatic rings. The van der Waals surface area contributed by atoms with Gasteiger partial charge in [-0.2, -0.15) is 0 Å². The number of carboxylic acid groups (broad SMARTS) is 1. The molecule has 0 saturated heterocycles. The number of hydrogen-bond donors (Lipinski definition) is 1. The molecule has 134 valence electrons. The lowest BCUT2D eigenvalue weighted by Gasteiger charge is -2.06. The molecule has 1 aromatic carbocycles. The van der Waals surface area contributed by atoms with Gasteiger partial charge < -0.3 is 9.84 Å². The summed E-state index contributed by atoms with van der Waals surface area (Å²) in [6.07, 6.45) is 9.58. The number of carbonyl (C=O) groups excluding carboxylic acids is 1. The zero-order valence-electron chi connectivity index (χ0n) is 14.9. The lowest BCUT2D eigenvalue weighted by molar-refractivity contribution is 0.0497. The molecule has 0 unspecified atom stereocenters. The Balaban J connectivity index is 2.08. The van der Waals surface area contributed by atoms with Gasteiger partial charge in [0.1, 0.15) is 0 Å². The molecule has 0 aromatic heterocycles. The molecule has 0 bridgehead atoms. The SMILES string of the molecule is CC(C)CCCCCCCCCOC(=O)c1cccc(C(=O)O)c1. The molecule has 4 nitrogen and oxygen atoms in total. The summed E-state index contributed by atoms with van der Waals surface area (Å²) in [5, 5.41) is 8.92. The predicted octanol–water partition coefficient (Wildman–Crippen LogP) is 5.32. The first-order valence-electron chi connectivity index (χ1n) is 9.01. The summed E-state index contributed by atoms with van der Waals surface area (Å²) in [7, 11) is 0. The van der Waals surface area contributed by atoms with Gasteiger partial charge in [0.2, 0.25) is 0 Å². The Morgan fingerprint density at radius 1 is 0.958 bits per heavy atom. The Morgan fingerprint density at radius 3 is 2.17 bits per heavy atom. The smallest absolute Gasteiger partial charge is 0.338 e. The average Bonchev–Trinajstić information content (AvgIpc) is 2.56. The molecule has 0 heterocycles. The molecule has 0 spiro atoms. The summed E-state index contributed by atoms with van der Waals surface area (Å²) in [6.45, 7) is 4.92. The van der Waals surface area contributed by atoms with Crippen LogP contribution in [0.4, 0.5) is 0 Å². The Kier molecular flexibility index (Phi) is 9.81. The van der Waals surface area contributed by atoms with Gasteiger partial charge in [-0.1, -0.05) is 64.9 Å². The second-order valence-electron chi connectivity index (χ2n) is 6.68. The van der Waals surface area contributed by atoms with Crippen molar-refractivity contribution in [2.45, 2.75) is 65.2 Å². The number of rotatable bonds is 12. The summed E-state index contributed by atoms with van der Waals surface area (Å²) in [5.74, 6) is -0.694. The van der Waals surface area contributed by atoms with Crippen molar-refractivity contribution in [2.75, 3.05) is 6.61 Å². The number of carbonyl (C=O) groups is 2. The minimum Gasteiger partial charge on any atom is -0.478 e. The molecule has 0 radical (unpaired) electrons. The highest BCUT2D eigenvalue weighted by Crippen LogP contribution is 2.12. The monoisotopic (exact) mass is 334 g/mol. The molecule has 0 atom stereocenters. The Morgan fingerprint density at radius 2 is 1.54 bits per heavy atom. The van der Waals surface area contributed by atoms with E-state index in [1.54, 1.807) is 12.1 Å². The largest absolute Gasteiger partial charge is 0.478 e. The molecule has 0 aliphatic heterocycles. The highest BCUT2D eigenvalue weighted by molar-refractivity contribution is 5.94. The van der Waals surface area contributed by atoms with Gasteiger partial charge in [-0.25, -0.2) is 9.59 Å². The van der Waals surface area contributed by atoms with Crippen LogP contribution in [0.25, 0.3) is 0 Å². The van der Waals surface area contributed by atoms with Gasteiger partial charge in [-0.05, 0) is 30.5 Å². The molecule has 0 aliphatic carbocycles. The van der Waals surface area contributed by atoms with Crippen molar-refractivity contribution in [1.29, 1.82) is 0 Å². The summed E-state index contributed by atoms with van der Waals surface area (Å²) in [4.78, 5) is 22.7. The molecule has 0 amide bonds. The van der Waals surface area contributed by atoms with E-state index < -0.39 is 11.9 Å². The Hall–Kier alpha value is -1.84. The second-order valence-corrected chi connectivity index (χ2v) is 6.68. The van der Waals surface area contributed by atoms with Crippen molar-refractivity contribution < 1.29 is 19.4 Å². The third kappa shape index (κ3) is 8.70. The van der Waals surface area contributed by atoms with Crippen LogP contribution in [0, 0.1) is 5.92 Å².